The van der Waals surface area contributed by atoms with Crippen molar-refractivity contribution in [3.05, 3.63) is 58.1 Å². The normalized spacial score (nSPS) is 20.6. The number of benzene rings is 1. The first-order chi connectivity index (χ1) is 18.2. The van der Waals surface area contributed by atoms with Gasteiger partial charge >= 0.3 is 12.1 Å². The number of aromatic amines is 1. The highest BCUT2D eigenvalue weighted by molar-refractivity contribution is 5.94. The number of likely N-dealkylation sites (tertiary alicyclic amines) is 1. The van der Waals surface area contributed by atoms with E-state index in [1.54, 1.807) is 15.7 Å². The van der Waals surface area contributed by atoms with Crippen LogP contribution in [-0.4, -0.2) is 55.7 Å². The summed E-state index contributed by atoms with van der Waals surface area (Å²) in [5, 5.41) is 12.5. The van der Waals surface area contributed by atoms with Gasteiger partial charge in [-0.2, -0.15) is 0 Å². The molecule has 0 spiro atoms. The maximum atomic E-state index is 12.9. The van der Waals surface area contributed by atoms with Crippen LogP contribution in [0.15, 0.2) is 46.5 Å². The number of ether oxygens (including phenoxy) is 1. The molecule has 0 radical (unpaired) electrons. The molecule has 38 heavy (non-hydrogen) atoms. The molecular weight excluding hydrogens is 503 g/mol. The lowest BCUT2D eigenvalue weighted by Gasteiger charge is -2.32. The van der Waals surface area contributed by atoms with Crippen molar-refractivity contribution in [2.75, 3.05) is 13.1 Å². The molecule has 1 saturated carbocycles. The summed E-state index contributed by atoms with van der Waals surface area (Å²) < 4.78 is 42.8. The lowest BCUT2D eigenvalue weighted by atomic mass is 9.93. The topological polar surface area (TPSA) is 113 Å². The molecule has 2 aliphatic rings. The molecule has 2 N–H and O–H groups in total. The number of alkyl halides is 3. The smallest absolute Gasteiger partial charge is 0.411 e. The maximum absolute atomic E-state index is 12.9. The molecule has 3 heterocycles. The van der Waals surface area contributed by atoms with Crippen molar-refractivity contribution >= 4 is 22.8 Å². The van der Waals surface area contributed by atoms with E-state index in [2.05, 4.69) is 19.9 Å². The highest BCUT2D eigenvalue weighted by atomic mass is 19.4. The molecule has 2 aromatic heterocycles. The average Bonchev–Trinajstić information content (AvgIpc) is 3.06. The summed E-state index contributed by atoms with van der Waals surface area (Å²) in [5.41, 5.74) is 3.14. The van der Waals surface area contributed by atoms with Crippen LogP contribution in [0.4, 0.5) is 13.2 Å². The summed E-state index contributed by atoms with van der Waals surface area (Å²) in [7, 11) is 0. The van der Waals surface area contributed by atoms with Crippen LogP contribution in [0.2, 0.25) is 0 Å². The number of amides is 1. The van der Waals surface area contributed by atoms with Gasteiger partial charge in [-0.15, -0.1) is 13.2 Å². The molecule has 5 rings (SSSR count). The Labute approximate surface area is 215 Å². The number of H-pyrrole nitrogens is 1. The standard InChI is InChI=1S/C26H28F3N5O4/c27-26(28,29)38-21-8-5-17(6-9-21)24(35)33-12-10-20(11-13-33)34-22-14-18(15-30-23(22)31-25(34)36)16-2-1-3-19(32-37)7-4-16/h5-6,8-9,14-16,20,37H,1-4,7,10-13H2,(H,30,31,36)/b32-19-/t16-/m1/s1. The fourth-order valence-electron chi connectivity index (χ4n) is 5.51. The Morgan fingerprint density at radius 1 is 1.11 bits per heavy atom. The van der Waals surface area contributed by atoms with Crippen molar-refractivity contribution in [2.45, 2.75) is 63.3 Å². The minimum atomic E-state index is -4.79. The zero-order chi connectivity index (χ0) is 26.9. The molecule has 9 nitrogen and oxygen atoms in total. The lowest BCUT2D eigenvalue weighted by Crippen LogP contribution is -2.40. The molecule has 202 valence electrons. The Morgan fingerprint density at radius 2 is 1.84 bits per heavy atom. The summed E-state index contributed by atoms with van der Waals surface area (Å²) >= 11 is 0. The van der Waals surface area contributed by atoms with Crippen LogP contribution in [0.3, 0.4) is 0 Å². The number of fused-ring (bicyclic) bond motifs is 1. The minimum Gasteiger partial charge on any atom is -0.411 e. The summed E-state index contributed by atoms with van der Waals surface area (Å²) in [6.07, 6.45) is 2.35. The van der Waals surface area contributed by atoms with E-state index in [1.807, 2.05) is 6.07 Å². The molecule has 0 bridgehead atoms. The summed E-state index contributed by atoms with van der Waals surface area (Å²) in [6, 6.07) is 6.77. The third-order valence-corrected chi connectivity index (χ3v) is 7.46. The quantitative estimate of drug-likeness (QED) is 0.280. The first kappa shape index (κ1) is 25.8. The van der Waals surface area contributed by atoms with E-state index in [0.717, 1.165) is 61.0 Å². The molecule has 2 fully saturated rings. The number of piperidine rings is 1. The fraction of sp³-hybridized carbons (Fsp3) is 0.462. The van der Waals surface area contributed by atoms with Gasteiger partial charge in [0.1, 0.15) is 5.75 Å². The molecule has 1 aliphatic carbocycles. The van der Waals surface area contributed by atoms with E-state index in [-0.39, 0.29) is 34.9 Å². The van der Waals surface area contributed by atoms with Crippen LogP contribution in [0.1, 0.15) is 72.8 Å². The van der Waals surface area contributed by atoms with Crippen molar-refractivity contribution in [1.29, 1.82) is 0 Å². The van der Waals surface area contributed by atoms with Crippen molar-refractivity contribution in [3.8, 4) is 5.75 Å². The zero-order valence-corrected chi connectivity index (χ0v) is 20.6. The summed E-state index contributed by atoms with van der Waals surface area (Å²) in [6.45, 7) is 0.810. The second-order valence-electron chi connectivity index (χ2n) is 9.83. The number of aromatic nitrogens is 3. The monoisotopic (exact) mass is 531 g/mol. The molecule has 0 unspecified atom stereocenters. The molecular formula is C26H28F3N5O4. The van der Waals surface area contributed by atoms with Gasteiger partial charge in [-0.05, 0) is 86.8 Å². The third-order valence-electron chi connectivity index (χ3n) is 7.46. The Bertz CT molecular complexity index is 1390. The third kappa shape index (κ3) is 5.53. The van der Waals surface area contributed by atoms with Crippen LogP contribution in [0.25, 0.3) is 11.2 Å². The van der Waals surface area contributed by atoms with Gasteiger partial charge in [0.05, 0.1) is 11.2 Å². The van der Waals surface area contributed by atoms with Crippen molar-refractivity contribution < 1.29 is 27.9 Å². The lowest BCUT2D eigenvalue weighted by molar-refractivity contribution is -0.274. The van der Waals surface area contributed by atoms with E-state index in [0.29, 0.717) is 31.6 Å². The van der Waals surface area contributed by atoms with Crippen LogP contribution in [0.5, 0.6) is 5.75 Å². The SMILES string of the molecule is O=C(c1ccc(OC(F)(F)F)cc1)N1CCC(n2c(=O)[nH]c3ncc([C@@H]4CCC/C(=N/O)CC4)cc32)CC1. The van der Waals surface area contributed by atoms with Crippen LogP contribution in [0, 0.1) is 0 Å². The molecule has 1 aliphatic heterocycles. The maximum Gasteiger partial charge on any atom is 0.573 e. The number of carbonyl (C=O) groups is 1. The van der Waals surface area contributed by atoms with E-state index < -0.39 is 6.36 Å². The Morgan fingerprint density at radius 3 is 2.53 bits per heavy atom. The molecule has 1 atom stereocenters. The molecule has 3 aromatic rings. The number of rotatable bonds is 4. The van der Waals surface area contributed by atoms with Crippen LogP contribution < -0.4 is 10.4 Å². The van der Waals surface area contributed by atoms with Crippen molar-refractivity contribution in [3.63, 3.8) is 0 Å². The first-order valence-electron chi connectivity index (χ1n) is 12.7. The average molecular weight is 532 g/mol. The zero-order valence-electron chi connectivity index (χ0n) is 20.6. The second kappa shape index (κ2) is 10.5. The largest absolute Gasteiger partial charge is 0.573 e. The number of hydrogen-bond acceptors (Lipinski definition) is 6. The molecule has 1 aromatic carbocycles. The first-order valence-corrected chi connectivity index (χ1v) is 12.7. The molecule has 1 saturated heterocycles. The van der Waals surface area contributed by atoms with E-state index in [1.165, 1.54) is 12.1 Å². The number of nitrogens with one attached hydrogen (secondary N) is 1. The number of halogens is 3. The van der Waals surface area contributed by atoms with Gasteiger partial charge < -0.3 is 14.8 Å². The number of imidazole rings is 1. The van der Waals surface area contributed by atoms with E-state index in [9.17, 15) is 22.8 Å². The van der Waals surface area contributed by atoms with Crippen molar-refractivity contribution in [1.82, 2.24) is 19.4 Å². The van der Waals surface area contributed by atoms with Gasteiger partial charge in [0.25, 0.3) is 5.91 Å². The van der Waals surface area contributed by atoms with Gasteiger partial charge in [0.15, 0.2) is 5.65 Å². The Balaban J connectivity index is 1.28. The van der Waals surface area contributed by atoms with Crippen molar-refractivity contribution in [2.24, 2.45) is 5.16 Å². The second-order valence-corrected chi connectivity index (χ2v) is 9.83. The summed E-state index contributed by atoms with van der Waals surface area (Å²) in [4.78, 5) is 34.8. The Hall–Kier alpha value is -3.83. The number of oxime groups is 1. The predicted molar refractivity (Wildman–Crippen MR) is 133 cm³/mol. The van der Waals surface area contributed by atoms with E-state index in [4.69, 9.17) is 5.21 Å². The minimum absolute atomic E-state index is 0.123. The van der Waals surface area contributed by atoms with Gasteiger partial charge in [-0.1, -0.05) is 5.16 Å². The van der Waals surface area contributed by atoms with Gasteiger partial charge in [-0.25, -0.2) is 9.78 Å². The highest BCUT2D eigenvalue weighted by Gasteiger charge is 2.31. The summed E-state index contributed by atoms with van der Waals surface area (Å²) in [5.74, 6) is -0.404. The van der Waals surface area contributed by atoms with Gasteiger partial charge in [-0.3, -0.25) is 14.3 Å². The van der Waals surface area contributed by atoms with Crippen LogP contribution in [-0.2, 0) is 0 Å². The number of hydrogen-bond donors (Lipinski definition) is 2. The molecule has 12 heteroatoms. The van der Waals surface area contributed by atoms with E-state index >= 15 is 0 Å². The molecule has 1 amide bonds. The number of carbonyl (C=O) groups excluding carboxylic acids is 1. The predicted octanol–water partition coefficient (Wildman–Crippen LogP) is 4.98. The van der Waals surface area contributed by atoms with Gasteiger partial charge in [0.2, 0.25) is 0 Å². The highest BCUT2D eigenvalue weighted by Crippen LogP contribution is 2.33. The number of pyridine rings is 1. The number of nitrogens with zero attached hydrogens (tertiary/aromatic N) is 4. The van der Waals surface area contributed by atoms with Crippen LogP contribution >= 0.6 is 0 Å². The van der Waals surface area contributed by atoms with Gasteiger partial charge in [0, 0.05) is 30.9 Å². The fourth-order valence-corrected chi connectivity index (χ4v) is 5.51. The Kier molecular flexibility index (Phi) is 7.13.